The Kier molecular flexibility index (Phi) is 8.87. The van der Waals surface area contributed by atoms with Gasteiger partial charge in [-0.25, -0.2) is 0 Å². The van der Waals surface area contributed by atoms with Crippen LogP contribution in [0.4, 0.5) is 0 Å². The molecule has 1 aliphatic rings. The number of benzene rings is 2. The first kappa shape index (κ1) is 25.1. The Morgan fingerprint density at radius 3 is 2.44 bits per heavy atom. The lowest BCUT2D eigenvalue weighted by molar-refractivity contribution is -0.129. The minimum absolute atomic E-state index is 0.0428. The molecule has 0 aromatic heterocycles. The van der Waals surface area contributed by atoms with E-state index < -0.39 is 23.5 Å². The van der Waals surface area contributed by atoms with Crippen molar-refractivity contribution in [3.05, 3.63) is 77.1 Å². The van der Waals surface area contributed by atoms with Crippen molar-refractivity contribution in [3.8, 4) is 11.5 Å². The molecule has 3 rings (SSSR count). The number of allylic oxidation sites excluding steroid dienone is 1. The number of amides is 1. The Morgan fingerprint density at radius 1 is 1.06 bits per heavy atom. The molecule has 34 heavy (non-hydrogen) atoms. The van der Waals surface area contributed by atoms with Crippen LogP contribution in [0.5, 0.6) is 11.5 Å². The topological polar surface area (TPSA) is 85.3 Å². The van der Waals surface area contributed by atoms with Gasteiger partial charge in [0, 0.05) is 20.3 Å². The fourth-order valence-electron chi connectivity index (χ4n) is 3.93. The second-order valence-corrected chi connectivity index (χ2v) is 7.69. The van der Waals surface area contributed by atoms with Crippen LogP contribution < -0.4 is 9.47 Å². The fourth-order valence-corrected chi connectivity index (χ4v) is 3.93. The first-order valence-electron chi connectivity index (χ1n) is 11.4. The Labute approximate surface area is 200 Å². The molecular weight excluding hydrogens is 434 g/mol. The molecule has 0 radical (unpaired) electrons. The molecule has 0 spiro atoms. The average Bonchev–Trinajstić information content (AvgIpc) is 3.10. The predicted octanol–water partition coefficient (Wildman–Crippen LogP) is 4.50. The summed E-state index contributed by atoms with van der Waals surface area (Å²) < 4.78 is 16.5. The summed E-state index contributed by atoms with van der Waals surface area (Å²) in [6.07, 6.45) is 3.61. The van der Waals surface area contributed by atoms with E-state index in [9.17, 15) is 14.7 Å². The van der Waals surface area contributed by atoms with Crippen LogP contribution >= 0.6 is 0 Å². The zero-order valence-electron chi connectivity index (χ0n) is 19.8. The lowest BCUT2D eigenvalue weighted by Gasteiger charge is -2.27. The van der Waals surface area contributed by atoms with Crippen LogP contribution in [0.25, 0.3) is 6.08 Å². The highest BCUT2D eigenvalue weighted by molar-refractivity contribution is 6.14. The molecule has 1 amide bonds. The van der Waals surface area contributed by atoms with E-state index in [2.05, 4.69) is 0 Å². The number of hydrogen-bond acceptors (Lipinski definition) is 6. The van der Waals surface area contributed by atoms with Crippen LogP contribution in [-0.4, -0.2) is 55.2 Å². The summed E-state index contributed by atoms with van der Waals surface area (Å²) in [7, 11) is 1.59. The maximum atomic E-state index is 13.2. The zero-order chi connectivity index (χ0) is 24.5. The second kappa shape index (κ2) is 12.0. The van der Waals surface area contributed by atoms with Crippen LogP contribution in [-0.2, 0) is 14.3 Å². The second-order valence-electron chi connectivity index (χ2n) is 7.69. The largest absolute Gasteiger partial charge is 0.503 e. The minimum Gasteiger partial charge on any atom is -0.503 e. The van der Waals surface area contributed by atoms with E-state index in [-0.39, 0.29) is 5.57 Å². The van der Waals surface area contributed by atoms with Crippen molar-refractivity contribution >= 4 is 17.8 Å². The monoisotopic (exact) mass is 465 g/mol. The fraction of sp³-hybridized carbons (Fsp3) is 0.333. The molecular formula is C27H31NO6. The number of ether oxygens (including phenoxy) is 3. The van der Waals surface area contributed by atoms with Gasteiger partial charge in [0.05, 0.1) is 24.8 Å². The van der Waals surface area contributed by atoms with Crippen molar-refractivity contribution in [2.24, 2.45) is 0 Å². The highest BCUT2D eigenvalue weighted by Gasteiger charge is 2.42. The summed E-state index contributed by atoms with van der Waals surface area (Å²) in [5, 5.41) is 10.7. The quantitative estimate of drug-likeness (QED) is 0.367. The zero-order valence-corrected chi connectivity index (χ0v) is 19.8. The minimum atomic E-state index is -0.757. The highest BCUT2D eigenvalue weighted by Crippen LogP contribution is 2.41. The number of ketones is 1. The smallest absolute Gasteiger partial charge is 0.290 e. The number of carbonyl (C=O) groups is 2. The third-order valence-electron chi connectivity index (χ3n) is 5.43. The molecule has 180 valence electrons. The number of methoxy groups -OCH3 is 1. The molecule has 0 fully saturated rings. The number of hydrogen-bond donors (Lipinski definition) is 1. The lowest BCUT2D eigenvalue weighted by Crippen LogP contribution is -2.32. The number of carbonyl (C=O) groups excluding carboxylic acids is 2. The molecule has 7 heteroatoms. The molecule has 1 unspecified atom stereocenters. The van der Waals surface area contributed by atoms with Crippen molar-refractivity contribution in [1.29, 1.82) is 0 Å². The first-order valence-corrected chi connectivity index (χ1v) is 11.4. The SMILES string of the molecule is CCOc1ccc(C2C(C(=O)/C=C/c3ccccc3)=C(O)C(=O)N2CCCOC)cc1OCC. The van der Waals surface area contributed by atoms with E-state index >= 15 is 0 Å². The van der Waals surface area contributed by atoms with Gasteiger partial charge in [-0.15, -0.1) is 0 Å². The maximum absolute atomic E-state index is 13.2. The molecule has 1 atom stereocenters. The average molecular weight is 466 g/mol. The van der Waals surface area contributed by atoms with Gasteiger partial charge in [-0.3, -0.25) is 9.59 Å². The van der Waals surface area contributed by atoms with Crippen molar-refractivity contribution < 1.29 is 28.9 Å². The third kappa shape index (κ3) is 5.66. The van der Waals surface area contributed by atoms with E-state index in [1.807, 2.05) is 44.2 Å². The number of aliphatic hydroxyl groups is 1. The van der Waals surface area contributed by atoms with Crippen LogP contribution in [0.1, 0.15) is 37.4 Å². The van der Waals surface area contributed by atoms with Crippen molar-refractivity contribution in [2.45, 2.75) is 26.3 Å². The van der Waals surface area contributed by atoms with E-state index in [1.165, 1.54) is 11.0 Å². The molecule has 1 aliphatic heterocycles. The van der Waals surface area contributed by atoms with E-state index in [4.69, 9.17) is 14.2 Å². The summed E-state index contributed by atoms with van der Waals surface area (Å²) in [6, 6.07) is 13.9. The normalized spacial score (nSPS) is 15.9. The number of aliphatic hydroxyl groups excluding tert-OH is 1. The van der Waals surface area contributed by atoms with Crippen LogP contribution in [0.15, 0.2) is 65.9 Å². The van der Waals surface area contributed by atoms with Crippen LogP contribution in [0, 0.1) is 0 Å². The molecule has 1 N–H and O–H groups in total. The standard InChI is InChI=1S/C27H31NO6/c1-4-33-22-15-13-20(18-23(22)34-5-2)25-24(21(29)14-12-19-10-7-6-8-11-19)26(30)27(31)28(25)16-9-17-32-3/h6-8,10-15,18,25,30H,4-5,9,16-17H2,1-3H3/b14-12+. The van der Waals surface area contributed by atoms with Crippen molar-refractivity contribution in [2.75, 3.05) is 33.5 Å². The van der Waals surface area contributed by atoms with Crippen LogP contribution in [0.2, 0.25) is 0 Å². The van der Waals surface area contributed by atoms with Gasteiger partial charge in [0.1, 0.15) is 0 Å². The van der Waals surface area contributed by atoms with Gasteiger partial charge in [0.25, 0.3) is 5.91 Å². The van der Waals surface area contributed by atoms with E-state index in [0.717, 1.165) is 5.56 Å². The summed E-state index contributed by atoms with van der Waals surface area (Å²) in [5.41, 5.74) is 1.54. The molecule has 0 saturated carbocycles. The van der Waals surface area contributed by atoms with Gasteiger partial charge in [-0.2, -0.15) is 0 Å². The summed E-state index contributed by atoms with van der Waals surface area (Å²) in [6.45, 7) is 5.41. The molecule has 0 saturated heterocycles. The molecule has 2 aromatic carbocycles. The Bertz CT molecular complexity index is 1060. The van der Waals surface area contributed by atoms with Crippen LogP contribution in [0.3, 0.4) is 0 Å². The lowest BCUT2D eigenvalue weighted by atomic mass is 9.95. The van der Waals surface area contributed by atoms with Crippen molar-refractivity contribution in [3.63, 3.8) is 0 Å². The third-order valence-corrected chi connectivity index (χ3v) is 5.43. The van der Waals surface area contributed by atoms with Gasteiger partial charge < -0.3 is 24.2 Å². The molecule has 7 nitrogen and oxygen atoms in total. The van der Waals surface area contributed by atoms with Gasteiger partial charge in [-0.1, -0.05) is 42.5 Å². The predicted molar refractivity (Wildman–Crippen MR) is 130 cm³/mol. The van der Waals surface area contributed by atoms with Gasteiger partial charge in [0.15, 0.2) is 23.0 Å². The van der Waals surface area contributed by atoms with Crippen molar-refractivity contribution in [1.82, 2.24) is 4.90 Å². The van der Waals surface area contributed by atoms with Gasteiger partial charge >= 0.3 is 0 Å². The van der Waals surface area contributed by atoms with E-state index in [1.54, 1.807) is 31.4 Å². The number of rotatable bonds is 12. The summed E-state index contributed by atoms with van der Waals surface area (Å²) in [5.74, 6) is -0.445. The van der Waals surface area contributed by atoms with Gasteiger partial charge in [0.2, 0.25) is 0 Å². The van der Waals surface area contributed by atoms with Gasteiger partial charge in [-0.05, 0) is 49.6 Å². The Hall–Kier alpha value is -3.58. The maximum Gasteiger partial charge on any atom is 0.290 e. The highest BCUT2D eigenvalue weighted by atomic mass is 16.5. The van der Waals surface area contributed by atoms with E-state index in [0.29, 0.717) is 49.8 Å². The summed E-state index contributed by atoms with van der Waals surface area (Å²) in [4.78, 5) is 27.8. The first-order chi connectivity index (χ1) is 16.5. The Balaban J connectivity index is 2.02. The molecule has 0 aliphatic carbocycles. The number of nitrogens with zero attached hydrogens (tertiary/aromatic N) is 1. The summed E-state index contributed by atoms with van der Waals surface area (Å²) >= 11 is 0. The molecule has 1 heterocycles. The molecule has 2 aromatic rings. The Morgan fingerprint density at radius 2 is 1.76 bits per heavy atom. The molecule has 0 bridgehead atoms.